The quantitative estimate of drug-likeness (QED) is 0.724. The van der Waals surface area contributed by atoms with Gasteiger partial charge in [-0.15, -0.1) is 0 Å². The van der Waals surface area contributed by atoms with Gasteiger partial charge in [0.15, 0.2) is 0 Å². The molecular formula is C15H19BrN2O3. The lowest BCUT2D eigenvalue weighted by molar-refractivity contribution is -0.139. The molecule has 0 spiro atoms. The molecule has 6 heteroatoms. The third kappa shape index (κ3) is 3.97. The summed E-state index contributed by atoms with van der Waals surface area (Å²) < 4.78 is 0.658. The smallest absolute Gasteiger partial charge is 0.305 e. The molecule has 0 atom stereocenters. The lowest BCUT2D eigenvalue weighted by Gasteiger charge is -2.37. The SMILES string of the molecule is Nc1ccc(C(=O)NC2(CC(=O)O)CCCCC2)cc1Br. The molecule has 1 aromatic carbocycles. The van der Waals surface area contributed by atoms with Crippen LogP contribution < -0.4 is 11.1 Å². The highest BCUT2D eigenvalue weighted by atomic mass is 79.9. The number of nitrogens with two attached hydrogens (primary N) is 1. The van der Waals surface area contributed by atoms with E-state index in [9.17, 15) is 9.59 Å². The number of halogens is 1. The maximum atomic E-state index is 12.4. The summed E-state index contributed by atoms with van der Waals surface area (Å²) in [6, 6.07) is 4.96. The molecule has 5 nitrogen and oxygen atoms in total. The molecule has 1 amide bonds. The van der Waals surface area contributed by atoms with Crippen molar-refractivity contribution < 1.29 is 14.7 Å². The van der Waals surface area contributed by atoms with Crippen LogP contribution in [-0.2, 0) is 4.79 Å². The molecule has 1 aliphatic rings. The number of aliphatic carboxylic acids is 1. The van der Waals surface area contributed by atoms with E-state index >= 15 is 0 Å². The molecule has 1 fully saturated rings. The molecule has 2 rings (SSSR count). The van der Waals surface area contributed by atoms with Gasteiger partial charge in [0, 0.05) is 15.7 Å². The van der Waals surface area contributed by atoms with Crippen LogP contribution in [0.5, 0.6) is 0 Å². The van der Waals surface area contributed by atoms with Gasteiger partial charge >= 0.3 is 5.97 Å². The molecule has 0 aliphatic heterocycles. The highest BCUT2D eigenvalue weighted by Crippen LogP contribution is 2.31. The number of carboxylic acids is 1. The van der Waals surface area contributed by atoms with Gasteiger partial charge in [0.2, 0.25) is 0 Å². The Balaban J connectivity index is 2.17. The fourth-order valence-electron chi connectivity index (χ4n) is 2.85. The van der Waals surface area contributed by atoms with Crippen LogP contribution in [0.25, 0.3) is 0 Å². The zero-order valence-corrected chi connectivity index (χ0v) is 13.3. The van der Waals surface area contributed by atoms with Crippen molar-refractivity contribution in [3.8, 4) is 0 Å². The summed E-state index contributed by atoms with van der Waals surface area (Å²) in [6.45, 7) is 0. The van der Waals surface area contributed by atoms with Gasteiger partial charge in [-0.3, -0.25) is 9.59 Å². The summed E-state index contributed by atoms with van der Waals surface area (Å²) in [5.41, 5.74) is 6.12. The minimum Gasteiger partial charge on any atom is -0.481 e. The zero-order chi connectivity index (χ0) is 15.5. The van der Waals surface area contributed by atoms with E-state index in [1.165, 1.54) is 0 Å². The number of nitrogens with one attached hydrogen (secondary N) is 1. The van der Waals surface area contributed by atoms with Crippen LogP contribution in [0.15, 0.2) is 22.7 Å². The molecule has 0 heterocycles. The fourth-order valence-corrected chi connectivity index (χ4v) is 3.22. The molecule has 4 N–H and O–H groups in total. The predicted molar refractivity (Wildman–Crippen MR) is 84.1 cm³/mol. The minimum absolute atomic E-state index is 0.0329. The summed E-state index contributed by atoms with van der Waals surface area (Å²) in [4.78, 5) is 23.5. The predicted octanol–water partition coefficient (Wildman–Crippen LogP) is 2.94. The van der Waals surface area contributed by atoms with E-state index in [0.717, 1.165) is 19.3 Å². The number of carboxylic acid groups (broad SMARTS) is 1. The van der Waals surface area contributed by atoms with Crippen LogP contribution in [0.4, 0.5) is 5.69 Å². The molecule has 0 aromatic heterocycles. The van der Waals surface area contributed by atoms with Crippen LogP contribution in [0.3, 0.4) is 0 Å². The second kappa shape index (κ2) is 6.47. The van der Waals surface area contributed by atoms with Crippen molar-refractivity contribution in [1.29, 1.82) is 0 Å². The number of rotatable bonds is 4. The second-order valence-electron chi connectivity index (χ2n) is 5.60. The van der Waals surface area contributed by atoms with Crippen LogP contribution in [0.2, 0.25) is 0 Å². The summed E-state index contributed by atoms with van der Waals surface area (Å²) in [6.07, 6.45) is 4.36. The molecule has 0 radical (unpaired) electrons. The van der Waals surface area contributed by atoms with Crippen molar-refractivity contribution in [2.75, 3.05) is 5.73 Å². The molecule has 1 saturated carbocycles. The zero-order valence-electron chi connectivity index (χ0n) is 11.7. The van der Waals surface area contributed by atoms with Crippen LogP contribution in [0, 0.1) is 0 Å². The van der Waals surface area contributed by atoms with Crippen LogP contribution in [-0.4, -0.2) is 22.5 Å². The first kappa shape index (κ1) is 15.8. The average Bonchev–Trinajstić information content (AvgIpc) is 2.41. The van der Waals surface area contributed by atoms with Crippen molar-refractivity contribution >= 4 is 33.5 Å². The van der Waals surface area contributed by atoms with E-state index in [1.807, 2.05) is 0 Å². The van der Waals surface area contributed by atoms with E-state index < -0.39 is 11.5 Å². The Bertz CT molecular complexity index is 554. The number of carbonyl (C=O) groups is 2. The summed E-state index contributed by atoms with van der Waals surface area (Å²) in [7, 11) is 0. The Morgan fingerprint density at radius 1 is 1.29 bits per heavy atom. The number of carbonyl (C=O) groups excluding carboxylic acids is 1. The van der Waals surface area contributed by atoms with Crippen molar-refractivity contribution in [2.24, 2.45) is 0 Å². The van der Waals surface area contributed by atoms with Crippen LogP contribution in [0.1, 0.15) is 48.9 Å². The average molecular weight is 355 g/mol. The van der Waals surface area contributed by atoms with Gasteiger partial charge in [-0.05, 0) is 47.0 Å². The monoisotopic (exact) mass is 354 g/mol. The number of nitrogen functional groups attached to an aromatic ring is 1. The van der Waals surface area contributed by atoms with Gasteiger partial charge in [-0.25, -0.2) is 0 Å². The van der Waals surface area contributed by atoms with Gasteiger partial charge in [0.05, 0.1) is 12.0 Å². The molecule has 0 saturated heterocycles. The normalized spacial score (nSPS) is 17.2. The standard InChI is InChI=1S/C15H19BrN2O3/c16-11-8-10(4-5-12(11)17)14(21)18-15(9-13(19)20)6-2-1-3-7-15/h4-5,8H,1-3,6-7,9,17H2,(H,18,21)(H,19,20). The highest BCUT2D eigenvalue weighted by molar-refractivity contribution is 9.10. The third-order valence-electron chi connectivity index (χ3n) is 3.94. The Morgan fingerprint density at radius 3 is 2.52 bits per heavy atom. The van der Waals surface area contributed by atoms with Gasteiger partial charge in [-0.2, -0.15) is 0 Å². The third-order valence-corrected chi connectivity index (χ3v) is 4.63. The topological polar surface area (TPSA) is 92.4 Å². The highest BCUT2D eigenvalue weighted by Gasteiger charge is 2.36. The molecular weight excluding hydrogens is 336 g/mol. The molecule has 114 valence electrons. The Kier molecular flexibility index (Phi) is 4.88. The Labute approximate surface area is 132 Å². The van der Waals surface area contributed by atoms with Gasteiger partial charge in [0.1, 0.15) is 0 Å². The number of hydrogen-bond acceptors (Lipinski definition) is 3. The molecule has 1 aliphatic carbocycles. The van der Waals surface area contributed by atoms with E-state index in [-0.39, 0.29) is 12.3 Å². The molecule has 0 unspecified atom stereocenters. The van der Waals surface area contributed by atoms with Gasteiger partial charge < -0.3 is 16.2 Å². The first-order valence-electron chi connectivity index (χ1n) is 7.01. The maximum Gasteiger partial charge on any atom is 0.305 e. The first-order chi connectivity index (χ1) is 9.92. The molecule has 1 aromatic rings. The van der Waals surface area contributed by atoms with Crippen molar-refractivity contribution in [1.82, 2.24) is 5.32 Å². The van der Waals surface area contributed by atoms with E-state index in [0.29, 0.717) is 28.6 Å². The minimum atomic E-state index is -0.879. The van der Waals surface area contributed by atoms with Crippen molar-refractivity contribution in [3.63, 3.8) is 0 Å². The van der Waals surface area contributed by atoms with E-state index in [2.05, 4.69) is 21.2 Å². The largest absolute Gasteiger partial charge is 0.481 e. The first-order valence-corrected chi connectivity index (χ1v) is 7.80. The number of benzene rings is 1. The lowest BCUT2D eigenvalue weighted by atomic mass is 9.79. The maximum absolute atomic E-state index is 12.4. The molecule has 21 heavy (non-hydrogen) atoms. The fraction of sp³-hybridized carbons (Fsp3) is 0.467. The summed E-state index contributed by atoms with van der Waals surface area (Å²) >= 11 is 3.29. The van der Waals surface area contributed by atoms with Crippen molar-refractivity contribution in [2.45, 2.75) is 44.1 Å². The van der Waals surface area contributed by atoms with E-state index in [1.54, 1.807) is 18.2 Å². The Morgan fingerprint density at radius 2 is 1.95 bits per heavy atom. The summed E-state index contributed by atoms with van der Waals surface area (Å²) in [5.74, 6) is -1.13. The van der Waals surface area contributed by atoms with Gasteiger partial charge in [0.25, 0.3) is 5.91 Å². The Hall–Kier alpha value is -1.56. The van der Waals surface area contributed by atoms with Gasteiger partial charge in [-0.1, -0.05) is 19.3 Å². The second-order valence-corrected chi connectivity index (χ2v) is 6.46. The number of hydrogen-bond donors (Lipinski definition) is 3. The summed E-state index contributed by atoms with van der Waals surface area (Å²) in [5, 5.41) is 12.1. The number of amides is 1. The van der Waals surface area contributed by atoms with E-state index in [4.69, 9.17) is 10.8 Å². The number of anilines is 1. The lowest BCUT2D eigenvalue weighted by Crippen LogP contribution is -2.51. The van der Waals surface area contributed by atoms with Crippen LogP contribution >= 0.6 is 15.9 Å². The van der Waals surface area contributed by atoms with Crippen molar-refractivity contribution in [3.05, 3.63) is 28.2 Å². The molecule has 0 bridgehead atoms.